The summed E-state index contributed by atoms with van der Waals surface area (Å²) < 4.78 is 0. The van der Waals surface area contributed by atoms with Crippen molar-refractivity contribution in [2.24, 2.45) is 5.92 Å². The molecule has 1 aromatic rings. The fraction of sp³-hybridized carbons (Fsp3) is 0.556. The van der Waals surface area contributed by atoms with E-state index in [1.807, 2.05) is 38.1 Å². The number of nitrogens with zero attached hydrogens (tertiary/aromatic N) is 1. The predicted octanol–water partition coefficient (Wildman–Crippen LogP) is 2.78. The molecule has 5 heteroatoms. The molecule has 0 radical (unpaired) electrons. The number of hydrogen-bond donors (Lipinski definition) is 2. The Bertz CT molecular complexity index is 520. The molecule has 0 spiro atoms. The van der Waals surface area contributed by atoms with Gasteiger partial charge in [-0.05, 0) is 49.4 Å². The summed E-state index contributed by atoms with van der Waals surface area (Å²) in [4.78, 5) is 25.9. The van der Waals surface area contributed by atoms with E-state index in [-0.39, 0.29) is 18.2 Å². The number of rotatable bonds is 6. The molecule has 0 atom stereocenters. The van der Waals surface area contributed by atoms with Crippen molar-refractivity contribution >= 4 is 23.2 Å². The summed E-state index contributed by atoms with van der Waals surface area (Å²) in [6, 6.07) is 7.85. The van der Waals surface area contributed by atoms with Crippen LogP contribution in [0.2, 0.25) is 0 Å². The third-order valence-corrected chi connectivity index (χ3v) is 3.90. The number of amides is 2. The highest BCUT2D eigenvalue weighted by Gasteiger charge is 2.12. The molecule has 1 aliphatic heterocycles. The van der Waals surface area contributed by atoms with Gasteiger partial charge >= 0.3 is 0 Å². The second-order valence-corrected chi connectivity index (χ2v) is 6.52. The van der Waals surface area contributed by atoms with E-state index in [0.717, 1.165) is 18.8 Å². The molecule has 5 nitrogen and oxygen atoms in total. The standard InChI is InChI=1S/C18H27N3O2/c1-14(2)13-19-17(22)12-18(23)20-15-6-8-16(9-7-15)21-10-4-3-5-11-21/h6-9,14H,3-5,10-13H2,1-2H3,(H,19,22)(H,20,23). The lowest BCUT2D eigenvalue weighted by Crippen LogP contribution is -2.30. The Labute approximate surface area is 138 Å². The molecule has 2 amide bonds. The Morgan fingerprint density at radius 1 is 1.04 bits per heavy atom. The summed E-state index contributed by atoms with van der Waals surface area (Å²) in [6.07, 6.45) is 3.65. The monoisotopic (exact) mass is 317 g/mol. The zero-order valence-corrected chi connectivity index (χ0v) is 14.1. The number of carbonyl (C=O) groups is 2. The molecule has 0 unspecified atom stereocenters. The van der Waals surface area contributed by atoms with Crippen LogP contribution in [0.25, 0.3) is 0 Å². The van der Waals surface area contributed by atoms with Gasteiger partial charge in [-0.15, -0.1) is 0 Å². The van der Waals surface area contributed by atoms with Crippen molar-refractivity contribution in [3.8, 4) is 0 Å². The van der Waals surface area contributed by atoms with Gasteiger partial charge in [0.1, 0.15) is 6.42 Å². The van der Waals surface area contributed by atoms with Crippen molar-refractivity contribution in [1.82, 2.24) is 5.32 Å². The Morgan fingerprint density at radius 3 is 2.30 bits per heavy atom. The Balaban J connectivity index is 1.80. The molecule has 2 N–H and O–H groups in total. The zero-order chi connectivity index (χ0) is 16.7. The van der Waals surface area contributed by atoms with E-state index < -0.39 is 0 Å². The van der Waals surface area contributed by atoms with Crippen LogP contribution in [-0.4, -0.2) is 31.4 Å². The summed E-state index contributed by atoms with van der Waals surface area (Å²) in [5.74, 6) is -0.137. The molecule has 1 aliphatic rings. The average Bonchev–Trinajstić information content (AvgIpc) is 2.54. The fourth-order valence-electron chi connectivity index (χ4n) is 2.64. The smallest absolute Gasteiger partial charge is 0.233 e. The maximum absolute atomic E-state index is 11.9. The van der Waals surface area contributed by atoms with E-state index >= 15 is 0 Å². The SMILES string of the molecule is CC(C)CNC(=O)CC(=O)Nc1ccc(N2CCCCC2)cc1. The van der Waals surface area contributed by atoms with Gasteiger partial charge in [0.15, 0.2) is 0 Å². The molecule has 0 saturated carbocycles. The summed E-state index contributed by atoms with van der Waals surface area (Å²) in [5, 5.41) is 5.52. The summed E-state index contributed by atoms with van der Waals surface area (Å²) in [5.41, 5.74) is 1.92. The fourth-order valence-corrected chi connectivity index (χ4v) is 2.64. The van der Waals surface area contributed by atoms with Gasteiger partial charge in [-0.2, -0.15) is 0 Å². The van der Waals surface area contributed by atoms with Crippen LogP contribution in [0, 0.1) is 5.92 Å². The highest BCUT2D eigenvalue weighted by Crippen LogP contribution is 2.21. The minimum atomic E-state index is -0.281. The van der Waals surface area contributed by atoms with E-state index in [4.69, 9.17) is 0 Å². The van der Waals surface area contributed by atoms with Gasteiger partial charge in [0, 0.05) is 31.0 Å². The molecule has 23 heavy (non-hydrogen) atoms. The Kier molecular flexibility index (Phi) is 6.44. The quantitative estimate of drug-likeness (QED) is 0.793. The lowest BCUT2D eigenvalue weighted by atomic mass is 10.1. The van der Waals surface area contributed by atoms with Crippen LogP contribution in [0.15, 0.2) is 24.3 Å². The first-order chi connectivity index (χ1) is 11.0. The zero-order valence-electron chi connectivity index (χ0n) is 14.1. The van der Waals surface area contributed by atoms with Gasteiger partial charge in [0.05, 0.1) is 0 Å². The lowest BCUT2D eigenvalue weighted by molar-refractivity contribution is -0.126. The second kappa shape index (κ2) is 8.56. The summed E-state index contributed by atoms with van der Waals surface area (Å²) in [6.45, 7) is 6.83. The molecule has 0 aromatic heterocycles. The number of carbonyl (C=O) groups excluding carboxylic acids is 2. The van der Waals surface area contributed by atoms with Crippen LogP contribution >= 0.6 is 0 Å². The highest BCUT2D eigenvalue weighted by molar-refractivity contribution is 6.03. The van der Waals surface area contributed by atoms with E-state index in [0.29, 0.717) is 12.5 Å². The van der Waals surface area contributed by atoms with Crippen LogP contribution in [0.1, 0.15) is 39.5 Å². The second-order valence-electron chi connectivity index (χ2n) is 6.52. The molecular weight excluding hydrogens is 290 g/mol. The van der Waals surface area contributed by atoms with Gasteiger partial charge < -0.3 is 15.5 Å². The van der Waals surface area contributed by atoms with Crippen molar-refractivity contribution in [3.05, 3.63) is 24.3 Å². The van der Waals surface area contributed by atoms with E-state index in [1.165, 1.54) is 24.9 Å². The first kappa shape index (κ1) is 17.3. The first-order valence-electron chi connectivity index (χ1n) is 8.46. The van der Waals surface area contributed by atoms with Gasteiger partial charge in [-0.1, -0.05) is 13.8 Å². The van der Waals surface area contributed by atoms with Gasteiger partial charge in [0.25, 0.3) is 0 Å². The minimum Gasteiger partial charge on any atom is -0.372 e. The van der Waals surface area contributed by atoms with Crippen LogP contribution in [-0.2, 0) is 9.59 Å². The molecule has 1 fully saturated rings. The lowest BCUT2D eigenvalue weighted by Gasteiger charge is -2.28. The van der Waals surface area contributed by atoms with E-state index in [1.54, 1.807) is 0 Å². The van der Waals surface area contributed by atoms with Gasteiger partial charge in [-0.3, -0.25) is 9.59 Å². The van der Waals surface area contributed by atoms with Crippen molar-refractivity contribution in [3.63, 3.8) is 0 Å². The Morgan fingerprint density at radius 2 is 1.70 bits per heavy atom. The van der Waals surface area contributed by atoms with Gasteiger partial charge in [-0.25, -0.2) is 0 Å². The van der Waals surface area contributed by atoms with Crippen molar-refractivity contribution < 1.29 is 9.59 Å². The first-order valence-corrected chi connectivity index (χ1v) is 8.46. The highest BCUT2D eigenvalue weighted by atomic mass is 16.2. The number of hydrogen-bond acceptors (Lipinski definition) is 3. The molecule has 0 bridgehead atoms. The van der Waals surface area contributed by atoms with Crippen LogP contribution in [0.4, 0.5) is 11.4 Å². The van der Waals surface area contributed by atoms with E-state index in [9.17, 15) is 9.59 Å². The average molecular weight is 317 g/mol. The molecule has 1 aromatic carbocycles. The molecular formula is C18H27N3O2. The van der Waals surface area contributed by atoms with Crippen LogP contribution in [0.5, 0.6) is 0 Å². The van der Waals surface area contributed by atoms with Crippen molar-refractivity contribution in [1.29, 1.82) is 0 Å². The van der Waals surface area contributed by atoms with Crippen molar-refractivity contribution in [2.75, 3.05) is 29.9 Å². The Hall–Kier alpha value is -2.04. The molecule has 2 rings (SSSR count). The summed E-state index contributed by atoms with van der Waals surface area (Å²) in [7, 11) is 0. The molecule has 1 heterocycles. The topological polar surface area (TPSA) is 61.4 Å². The largest absolute Gasteiger partial charge is 0.372 e. The van der Waals surface area contributed by atoms with Crippen molar-refractivity contribution in [2.45, 2.75) is 39.5 Å². The minimum absolute atomic E-state index is 0.138. The van der Waals surface area contributed by atoms with E-state index in [2.05, 4.69) is 15.5 Å². The number of benzene rings is 1. The molecule has 0 aliphatic carbocycles. The van der Waals surface area contributed by atoms with Crippen LogP contribution in [0.3, 0.4) is 0 Å². The maximum atomic E-state index is 11.9. The normalized spacial score (nSPS) is 14.7. The number of anilines is 2. The third-order valence-electron chi connectivity index (χ3n) is 3.90. The molecule has 1 saturated heterocycles. The maximum Gasteiger partial charge on any atom is 0.233 e. The van der Waals surface area contributed by atoms with Crippen LogP contribution < -0.4 is 15.5 Å². The number of nitrogens with one attached hydrogen (secondary N) is 2. The third kappa shape index (κ3) is 5.93. The summed E-state index contributed by atoms with van der Waals surface area (Å²) >= 11 is 0. The number of piperidine rings is 1. The predicted molar refractivity (Wildman–Crippen MR) is 93.6 cm³/mol. The molecule has 126 valence electrons. The van der Waals surface area contributed by atoms with Gasteiger partial charge in [0.2, 0.25) is 11.8 Å².